The molecule has 0 spiro atoms. The highest BCUT2D eigenvalue weighted by atomic mass is 16.5. The van der Waals surface area contributed by atoms with Gasteiger partial charge in [-0.3, -0.25) is 4.79 Å². The van der Waals surface area contributed by atoms with Crippen molar-refractivity contribution in [2.24, 2.45) is 0 Å². The summed E-state index contributed by atoms with van der Waals surface area (Å²) in [5.74, 6) is 0.931. The Labute approximate surface area is 157 Å². The van der Waals surface area contributed by atoms with Crippen molar-refractivity contribution in [3.8, 4) is 11.4 Å². The van der Waals surface area contributed by atoms with Gasteiger partial charge in [-0.15, -0.1) is 0 Å². The lowest BCUT2D eigenvalue weighted by Gasteiger charge is -2.08. The van der Waals surface area contributed by atoms with Crippen molar-refractivity contribution < 1.29 is 9.32 Å². The lowest BCUT2D eigenvalue weighted by atomic mass is 10.1. The summed E-state index contributed by atoms with van der Waals surface area (Å²) in [6, 6.07) is 21.7. The number of hydrogen-bond acceptors (Lipinski definition) is 4. The molecule has 134 valence electrons. The van der Waals surface area contributed by atoms with Crippen LogP contribution in [0.3, 0.4) is 0 Å². The normalized spacial score (nSPS) is 10.9. The van der Waals surface area contributed by atoms with Gasteiger partial charge in [0.2, 0.25) is 17.6 Å². The summed E-state index contributed by atoms with van der Waals surface area (Å²) >= 11 is 0. The lowest BCUT2D eigenvalue weighted by molar-refractivity contribution is -0.116. The van der Waals surface area contributed by atoms with Crippen molar-refractivity contribution in [1.82, 2.24) is 10.1 Å². The summed E-state index contributed by atoms with van der Waals surface area (Å²) in [7, 11) is 0. The monoisotopic (exact) mass is 357 g/mol. The maximum atomic E-state index is 12.4. The molecule has 0 aliphatic rings. The highest BCUT2D eigenvalue weighted by Crippen LogP contribution is 2.23. The van der Waals surface area contributed by atoms with Crippen LogP contribution in [0.25, 0.3) is 22.2 Å². The van der Waals surface area contributed by atoms with E-state index in [4.69, 9.17) is 4.52 Å². The summed E-state index contributed by atoms with van der Waals surface area (Å²) < 4.78 is 5.30. The van der Waals surface area contributed by atoms with Gasteiger partial charge >= 0.3 is 0 Å². The van der Waals surface area contributed by atoms with Crippen molar-refractivity contribution in [2.45, 2.75) is 19.8 Å². The van der Waals surface area contributed by atoms with E-state index in [0.29, 0.717) is 18.1 Å². The number of amides is 1. The Hall–Kier alpha value is -3.47. The van der Waals surface area contributed by atoms with E-state index >= 15 is 0 Å². The third kappa shape index (κ3) is 3.72. The van der Waals surface area contributed by atoms with Gasteiger partial charge in [-0.2, -0.15) is 4.98 Å². The first-order chi connectivity index (χ1) is 13.2. The Morgan fingerprint density at radius 3 is 2.67 bits per heavy atom. The Morgan fingerprint density at radius 2 is 1.78 bits per heavy atom. The molecule has 0 atom stereocenters. The van der Waals surface area contributed by atoms with Gasteiger partial charge in [-0.1, -0.05) is 65.8 Å². The van der Waals surface area contributed by atoms with Crippen LogP contribution in [-0.4, -0.2) is 16.0 Å². The van der Waals surface area contributed by atoms with Crippen LogP contribution in [-0.2, 0) is 11.2 Å². The Morgan fingerprint density at radius 1 is 1.00 bits per heavy atom. The zero-order chi connectivity index (χ0) is 18.6. The van der Waals surface area contributed by atoms with E-state index in [-0.39, 0.29) is 12.3 Å². The molecule has 0 saturated heterocycles. The molecule has 5 heteroatoms. The predicted molar refractivity (Wildman–Crippen MR) is 105 cm³/mol. The zero-order valence-corrected chi connectivity index (χ0v) is 15.0. The van der Waals surface area contributed by atoms with E-state index in [2.05, 4.69) is 15.5 Å². The second-order valence-electron chi connectivity index (χ2n) is 6.40. The number of aryl methyl sites for hydroxylation is 2. The summed E-state index contributed by atoms with van der Waals surface area (Å²) in [5.41, 5.74) is 2.83. The molecule has 1 aromatic heterocycles. The summed E-state index contributed by atoms with van der Waals surface area (Å²) in [4.78, 5) is 16.8. The van der Waals surface area contributed by atoms with Gasteiger partial charge < -0.3 is 9.84 Å². The van der Waals surface area contributed by atoms with Crippen LogP contribution in [0.4, 0.5) is 5.69 Å². The zero-order valence-electron chi connectivity index (χ0n) is 15.0. The minimum atomic E-state index is -0.0815. The third-order valence-corrected chi connectivity index (χ3v) is 4.48. The molecule has 1 heterocycles. The van der Waals surface area contributed by atoms with Crippen molar-refractivity contribution >= 4 is 22.4 Å². The molecule has 27 heavy (non-hydrogen) atoms. The average molecular weight is 357 g/mol. The number of nitrogens with one attached hydrogen (secondary N) is 1. The highest BCUT2D eigenvalue weighted by Gasteiger charge is 2.12. The minimum Gasteiger partial charge on any atom is -0.339 e. The van der Waals surface area contributed by atoms with Crippen LogP contribution in [0, 0.1) is 6.92 Å². The first-order valence-corrected chi connectivity index (χ1v) is 8.87. The molecular weight excluding hydrogens is 338 g/mol. The molecule has 0 bridgehead atoms. The Balaban J connectivity index is 1.42. The van der Waals surface area contributed by atoms with Crippen LogP contribution < -0.4 is 5.32 Å². The fourth-order valence-corrected chi connectivity index (χ4v) is 3.06. The summed E-state index contributed by atoms with van der Waals surface area (Å²) in [5, 5.41) is 9.12. The molecule has 1 N–H and O–H groups in total. The number of benzene rings is 3. The molecule has 5 nitrogen and oxygen atoms in total. The predicted octanol–water partition coefficient (Wildman–Crippen LogP) is 4.77. The van der Waals surface area contributed by atoms with Crippen molar-refractivity contribution in [3.63, 3.8) is 0 Å². The van der Waals surface area contributed by atoms with E-state index in [1.54, 1.807) is 0 Å². The Bertz CT molecular complexity index is 1100. The number of hydrogen-bond donors (Lipinski definition) is 1. The van der Waals surface area contributed by atoms with E-state index in [0.717, 1.165) is 27.6 Å². The van der Waals surface area contributed by atoms with E-state index < -0.39 is 0 Å². The van der Waals surface area contributed by atoms with Crippen molar-refractivity contribution in [2.75, 3.05) is 5.32 Å². The van der Waals surface area contributed by atoms with Crippen LogP contribution >= 0.6 is 0 Å². The maximum absolute atomic E-state index is 12.4. The standard InChI is InChI=1S/C22H19N3O2/c1-15-7-2-4-10-17(15)22-24-21(27-25-22)14-13-20(26)23-19-12-6-9-16-8-3-5-11-18(16)19/h2-12H,13-14H2,1H3,(H,23,26). The maximum Gasteiger partial charge on any atom is 0.227 e. The van der Waals surface area contributed by atoms with E-state index in [1.807, 2.05) is 73.7 Å². The summed E-state index contributed by atoms with van der Waals surface area (Å²) in [6.45, 7) is 2.00. The molecule has 0 unspecified atom stereocenters. The molecule has 4 rings (SSSR count). The lowest BCUT2D eigenvalue weighted by Crippen LogP contribution is -2.12. The van der Waals surface area contributed by atoms with Crippen LogP contribution in [0.2, 0.25) is 0 Å². The molecule has 0 aliphatic heterocycles. The van der Waals surface area contributed by atoms with Gasteiger partial charge in [0.1, 0.15) is 0 Å². The first kappa shape index (κ1) is 17.0. The first-order valence-electron chi connectivity index (χ1n) is 8.87. The van der Waals surface area contributed by atoms with Gasteiger partial charge in [0.05, 0.1) is 0 Å². The highest BCUT2D eigenvalue weighted by molar-refractivity contribution is 6.02. The number of aromatic nitrogens is 2. The molecule has 3 aromatic carbocycles. The summed E-state index contributed by atoms with van der Waals surface area (Å²) in [6.07, 6.45) is 0.675. The topological polar surface area (TPSA) is 68.0 Å². The van der Waals surface area contributed by atoms with Gasteiger partial charge in [0.15, 0.2) is 0 Å². The number of nitrogens with zero attached hydrogens (tertiary/aromatic N) is 2. The van der Waals surface area contributed by atoms with Gasteiger partial charge in [-0.25, -0.2) is 0 Å². The fourth-order valence-electron chi connectivity index (χ4n) is 3.06. The van der Waals surface area contributed by atoms with E-state index in [9.17, 15) is 4.79 Å². The molecule has 0 fully saturated rings. The Kier molecular flexibility index (Phi) is 4.66. The molecule has 0 aliphatic carbocycles. The van der Waals surface area contributed by atoms with Gasteiger partial charge in [0.25, 0.3) is 0 Å². The smallest absolute Gasteiger partial charge is 0.227 e. The second kappa shape index (κ2) is 7.41. The molecule has 0 radical (unpaired) electrons. The number of rotatable bonds is 5. The van der Waals surface area contributed by atoms with Crippen LogP contribution in [0.1, 0.15) is 17.9 Å². The fraction of sp³-hybridized carbons (Fsp3) is 0.136. The van der Waals surface area contributed by atoms with E-state index in [1.165, 1.54) is 0 Å². The number of anilines is 1. The average Bonchev–Trinajstić information content (AvgIpc) is 3.16. The minimum absolute atomic E-state index is 0.0815. The van der Waals surface area contributed by atoms with Crippen LogP contribution in [0.15, 0.2) is 71.3 Å². The number of fused-ring (bicyclic) bond motifs is 1. The number of carbonyl (C=O) groups is 1. The quantitative estimate of drug-likeness (QED) is 0.559. The van der Waals surface area contributed by atoms with Gasteiger partial charge in [0, 0.05) is 29.5 Å². The largest absolute Gasteiger partial charge is 0.339 e. The molecule has 0 saturated carbocycles. The van der Waals surface area contributed by atoms with Crippen LogP contribution in [0.5, 0.6) is 0 Å². The molecule has 1 amide bonds. The van der Waals surface area contributed by atoms with Gasteiger partial charge in [-0.05, 0) is 23.9 Å². The SMILES string of the molecule is Cc1ccccc1-c1noc(CCC(=O)Nc2cccc3ccccc23)n1. The number of carbonyl (C=O) groups excluding carboxylic acids is 1. The molecule has 4 aromatic rings. The molecular formula is C22H19N3O2. The second-order valence-corrected chi connectivity index (χ2v) is 6.40. The third-order valence-electron chi connectivity index (χ3n) is 4.48. The van der Waals surface area contributed by atoms with Crippen molar-refractivity contribution in [3.05, 3.63) is 78.2 Å². The van der Waals surface area contributed by atoms with Crippen molar-refractivity contribution in [1.29, 1.82) is 0 Å².